The maximum Gasteiger partial charge on any atom is 0.244 e. The highest BCUT2D eigenvalue weighted by molar-refractivity contribution is 6.30. The quantitative estimate of drug-likeness (QED) is 0.672. The predicted octanol–water partition coefficient (Wildman–Crippen LogP) is 2.72. The molecule has 0 aliphatic carbocycles. The zero-order valence-corrected chi connectivity index (χ0v) is 17.7. The number of carbonyl (C=O) groups is 2. The first kappa shape index (κ1) is 22.2. The summed E-state index contributed by atoms with van der Waals surface area (Å²) in [5, 5.41) is 11.8. The lowest BCUT2D eigenvalue weighted by Gasteiger charge is -2.36. The van der Waals surface area contributed by atoms with Crippen LogP contribution >= 0.6 is 11.6 Å². The van der Waals surface area contributed by atoms with E-state index in [0.29, 0.717) is 23.9 Å². The number of nitrogens with one attached hydrogen (secondary N) is 1. The third kappa shape index (κ3) is 6.76. The first-order chi connectivity index (χ1) is 15.0. The fourth-order valence-electron chi connectivity index (χ4n) is 3.16. The molecule has 0 unspecified atom stereocenters. The number of hydrogen-bond donors (Lipinski definition) is 1. The van der Waals surface area contributed by atoms with Crippen molar-refractivity contribution >= 4 is 35.2 Å². The van der Waals surface area contributed by atoms with Crippen molar-refractivity contribution in [1.29, 1.82) is 5.26 Å². The molecule has 1 fully saturated rings. The Kier molecular flexibility index (Phi) is 7.91. The predicted molar refractivity (Wildman–Crippen MR) is 120 cm³/mol. The molecule has 160 valence electrons. The smallest absolute Gasteiger partial charge is 0.244 e. The zero-order valence-electron chi connectivity index (χ0n) is 17.0. The second-order valence-corrected chi connectivity index (χ2v) is 7.35. The van der Waals surface area contributed by atoms with Gasteiger partial charge >= 0.3 is 0 Å². The van der Waals surface area contributed by atoms with E-state index in [-0.39, 0.29) is 25.0 Å². The van der Waals surface area contributed by atoms with E-state index in [9.17, 15) is 9.59 Å². The number of nitrogens with zero attached hydrogens (tertiary/aromatic N) is 3. The Labute approximate surface area is 186 Å². The van der Waals surface area contributed by atoms with E-state index in [1.165, 1.54) is 6.08 Å². The summed E-state index contributed by atoms with van der Waals surface area (Å²) in [7, 11) is 0. The average molecular weight is 439 g/mol. The summed E-state index contributed by atoms with van der Waals surface area (Å²) < 4.78 is 5.18. The Morgan fingerprint density at radius 1 is 1.06 bits per heavy atom. The van der Waals surface area contributed by atoms with Crippen LogP contribution in [0.5, 0.6) is 5.75 Å². The van der Waals surface area contributed by atoms with Crippen LogP contribution in [-0.4, -0.2) is 56.0 Å². The van der Waals surface area contributed by atoms with Gasteiger partial charge in [0, 0.05) is 43.0 Å². The molecular formula is C23H23ClN4O3. The summed E-state index contributed by atoms with van der Waals surface area (Å²) in [5.41, 5.74) is 1.89. The van der Waals surface area contributed by atoms with E-state index in [2.05, 4.69) is 10.2 Å². The number of amides is 2. The van der Waals surface area contributed by atoms with Crippen molar-refractivity contribution in [3.63, 3.8) is 0 Å². The van der Waals surface area contributed by atoms with Gasteiger partial charge in [-0.2, -0.15) is 5.26 Å². The molecule has 1 saturated heterocycles. The van der Waals surface area contributed by atoms with Crippen LogP contribution in [0.2, 0.25) is 5.02 Å². The van der Waals surface area contributed by atoms with Crippen LogP contribution in [-0.2, 0) is 9.59 Å². The largest absolute Gasteiger partial charge is 0.479 e. The Bertz CT molecular complexity index is 960. The van der Waals surface area contributed by atoms with Gasteiger partial charge < -0.3 is 19.9 Å². The molecule has 1 heterocycles. The highest BCUT2D eigenvalue weighted by Gasteiger charge is 2.21. The van der Waals surface area contributed by atoms with Gasteiger partial charge in [0.25, 0.3) is 0 Å². The van der Waals surface area contributed by atoms with Gasteiger partial charge in [0.05, 0.1) is 6.54 Å². The molecule has 1 N–H and O–H groups in total. The minimum Gasteiger partial charge on any atom is -0.479 e. The van der Waals surface area contributed by atoms with Gasteiger partial charge in [0.2, 0.25) is 11.8 Å². The number of anilines is 1. The van der Waals surface area contributed by atoms with Crippen molar-refractivity contribution in [2.75, 3.05) is 44.2 Å². The normalized spacial score (nSPS) is 13.7. The molecule has 0 radical (unpaired) electrons. The van der Waals surface area contributed by atoms with Gasteiger partial charge in [-0.3, -0.25) is 9.59 Å². The Balaban J connectivity index is 1.40. The number of ether oxygens (including phenoxy) is 1. The third-order valence-corrected chi connectivity index (χ3v) is 5.10. The lowest BCUT2D eigenvalue weighted by Crippen LogP contribution is -2.51. The molecule has 0 bridgehead atoms. The molecule has 3 rings (SSSR count). The Morgan fingerprint density at radius 2 is 1.74 bits per heavy atom. The molecule has 0 atom stereocenters. The molecule has 0 aromatic heterocycles. The first-order valence-corrected chi connectivity index (χ1v) is 10.3. The van der Waals surface area contributed by atoms with Crippen LogP contribution in [0, 0.1) is 11.3 Å². The molecule has 0 spiro atoms. The van der Waals surface area contributed by atoms with E-state index in [1.807, 2.05) is 30.3 Å². The summed E-state index contributed by atoms with van der Waals surface area (Å²) in [4.78, 5) is 28.4. The highest BCUT2D eigenvalue weighted by Crippen LogP contribution is 2.19. The molecular weight excluding hydrogens is 416 g/mol. The lowest BCUT2D eigenvalue weighted by atomic mass is 10.2. The maximum absolute atomic E-state index is 12.4. The third-order valence-electron chi connectivity index (χ3n) is 4.85. The molecule has 31 heavy (non-hydrogen) atoms. The molecule has 1 aliphatic heterocycles. The van der Waals surface area contributed by atoms with Gasteiger partial charge in [0.15, 0.2) is 6.61 Å². The van der Waals surface area contributed by atoms with E-state index in [0.717, 1.165) is 24.3 Å². The summed E-state index contributed by atoms with van der Waals surface area (Å²) in [6.45, 7) is 2.62. The summed E-state index contributed by atoms with van der Waals surface area (Å²) in [6, 6.07) is 16.6. The Hall–Kier alpha value is -3.50. The number of hydrogen-bond acceptors (Lipinski definition) is 5. The van der Waals surface area contributed by atoms with E-state index in [1.54, 1.807) is 35.2 Å². The minimum atomic E-state index is -0.335. The van der Waals surface area contributed by atoms with Crippen molar-refractivity contribution in [1.82, 2.24) is 10.2 Å². The summed E-state index contributed by atoms with van der Waals surface area (Å²) >= 11 is 5.93. The van der Waals surface area contributed by atoms with Gasteiger partial charge in [-0.1, -0.05) is 23.7 Å². The van der Waals surface area contributed by atoms with Crippen molar-refractivity contribution < 1.29 is 14.3 Å². The number of rotatable bonds is 7. The van der Waals surface area contributed by atoms with Crippen molar-refractivity contribution in [2.24, 2.45) is 0 Å². The van der Waals surface area contributed by atoms with E-state index < -0.39 is 0 Å². The van der Waals surface area contributed by atoms with Crippen LogP contribution in [0.15, 0.2) is 54.6 Å². The molecule has 8 heteroatoms. The molecule has 2 amide bonds. The van der Waals surface area contributed by atoms with Gasteiger partial charge in [-0.05, 0) is 48.0 Å². The number of halogens is 1. The summed E-state index contributed by atoms with van der Waals surface area (Å²) in [6.07, 6.45) is 3.04. The van der Waals surface area contributed by atoms with Gasteiger partial charge in [-0.25, -0.2) is 0 Å². The van der Waals surface area contributed by atoms with Crippen LogP contribution < -0.4 is 15.0 Å². The first-order valence-electron chi connectivity index (χ1n) is 9.89. The monoisotopic (exact) mass is 438 g/mol. The topological polar surface area (TPSA) is 85.7 Å². The molecule has 1 aliphatic rings. The van der Waals surface area contributed by atoms with Crippen molar-refractivity contribution in [3.05, 3.63) is 65.2 Å². The van der Waals surface area contributed by atoms with E-state index >= 15 is 0 Å². The van der Waals surface area contributed by atoms with Gasteiger partial charge in [0.1, 0.15) is 11.8 Å². The molecule has 2 aromatic rings. The number of benzene rings is 2. The second-order valence-electron chi connectivity index (χ2n) is 6.91. The minimum absolute atomic E-state index is 0.0121. The molecule has 7 nitrogen and oxygen atoms in total. The summed E-state index contributed by atoms with van der Waals surface area (Å²) in [5.74, 6) is 0.152. The standard InChI is InChI=1S/C23H23ClN4O3/c24-19-4-6-20(7-5-19)27-12-14-28(15-13-27)23(30)17-26-22(29)10-3-18-1-8-21(9-2-18)31-16-11-25/h1-10H,12-17H2,(H,26,29)/b10-3+. The number of carbonyl (C=O) groups excluding carboxylic acids is 2. The fraction of sp³-hybridized carbons (Fsp3) is 0.261. The van der Waals surface area contributed by atoms with Crippen LogP contribution in [0.1, 0.15) is 5.56 Å². The maximum atomic E-state index is 12.4. The number of nitriles is 1. The second kappa shape index (κ2) is 11.0. The zero-order chi connectivity index (χ0) is 22.1. The van der Waals surface area contributed by atoms with Crippen molar-refractivity contribution in [3.8, 4) is 11.8 Å². The number of piperazine rings is 1. The fourth-order valence-corrected chi connectivity index (χ4v) is 3.29. The van der Waals surface area contributed by atoms with Crippen LogP contribution in [0.3, 0.4) is 0 Å². The highest BCUT2D eigenvalue weighted by atomic mass is 35.5. The average Bonchev–Trinajstić information content (AvgIpc) is 2.81. The van der Waals surface area contributed by atoms with Crippen molar-refractivity contribution in [2.45, 2.75) is 0 Å². The molecule has 2 aromatic carbocycles. The SMILES string of the molecule is N#CCOc1ccc(/C=C/C(=O)NCC(=O)N2CCN(c3ccc(Cl)cc3)CC2)cc1. The van der Waals surface area contributed by atoms with Crippen LogP contribution in [0.25, 0.3) is 6.08 Å². The molecule has 0 saturated carbocycles. The van der Waals surface area contributed by atoms with E-state index in [4.69, 9.17) is 21.6 Å². The Morgan fingerprint density at radius 3 is 2.39 bits per heavy atom. The van der Waals surface area contributed by atoms with Gasteiger partial charge in [-0.15, -0.1) is 0 Å². The lowest BCUT2D eigenvalue weighted by molar-refractivity contribution is -0.132. The van der Waals surface area contributed by atoms with Crippen LogP contribution in [0.4, 0.5) is 5.69 Å².